The summed E-state index contributed by atoms with van der Waals surface area (Å²) in [5, 5.41) is 0. The molecule has 1 aliphatic heterocycles. The summed E-state index contributed by atoms with van der Waals surface area (Å²) in [5.74, 6) is -0.00840. The van der Waals surface area contributed by atoms with Gasteiger partial charge in [-0.15, -0.1) is 0 Å². The molecule has 0 unspecified atom stereocenters. The van der Waals surface area contributed by atoms with Gasteiger partial charge in [0.05, 0.1) is 2.74 Å². The Morgan fingerprint density at radius 3 is 2.33 bits per heavy atom. The van der Waals surface area contributed by atoms with Crippen LogP contribution in [-0.2, 0) is 12.0 Å². The van der Waals surface area contributed by atoms with E-state index < -0.39 is 0 Å². The van der Waals surface area contributed by atoms with Crippen LogP contribution in [-0.4, -0.2) is 16.3 Å². The van der Waals surface area contributed by atoms with Crippen molar-refractivity contribution in [3.8, 4) is 0 Å². The Hall–Kier alpha value is -1.31. The van der Waals surface area contributed by atoms with E-state index in [1.54, 1.807) is 6.07 Å². The highest BCUT2D eigenvalue weighted by Crippen LogP contribution is 2.35. The van der Waals surface area contributed by atoms with Crippen molar-refractivity contribution in [2.24, 2.45) is 0 Å². The highest BCUT2D eigenvalue weighted by molar-refractivity contribution is 6.00. The van der Waals surface area contributed by atoms with Crippen molar-refractivity contribution in [2.45, 2.75) is 59.0 Å². The molecule has 18 heavy (non-hydrogen) atoms. The lowest BCUT2D eigenvalue weighted by molar-refractivity contribution is 0.0608. The third-order valence-corrected chi connectivity index (χ3v) is 3.36. The van der Waals surface area contributed by atoms with E-state index >= 15 is 0 Å². The van der Waals surface area contributed by atoms with Crippen LogP contribution >= 0.6 is 0 Å². The summed E-state index contributed by atoms with van der Waals surface area (Å²) >= 11 is 0. The molecule has 1 aliphatic rings. The van der Waals surface area contributed by atoms with Crippen molar-refractivity contribution in [2.75, 3.05) is 0 Å². The number of carbonyl (C=O) groups excluding carboxylic acids is 1. The van der Waals surface area contributed by atoms with Crippen LogP contribution in [0.4, 0.5) is 0 Å². The monoisotopic (exact) mass is 247 g/mol. The lowest BCUT2D eigenvalue weighted by atomic mass is 9.82. The second-order valence-electron chi connectivity index (χ2n) is 7.00. The Morgan fingerprint density at radius 2 is 1.83 bits per heavy atom. The number of hydrogen-bond acceptors (Lipinski definition) is 1. The first kappa shape index (κ1) is 10.6. The lowest BCUT2D eigenvalue weighted by Crippen LogP contribution is -2.41. The summed E-state index contributed by atoms with van der Waals surface area (Å²) in [5.41, 5.74) is 1.67. The second-order valence-corrected chi connectivity index (χ2v) is 7.00. The fourth-order valence-electron chi connectivity index (χ4n) is 2.34. The van der Waals surface area contributed by atoms with Gasteiger partial charge in [0, 0.05) is 17.6 Å². The largest absolute Gasteiger partial charge is 0.329 e. The minimum Gasteiger partial charge on any atom is -0.329 e. The molecule has 98 valence electrons. The van der Waals surface area contributed by atoms with Crippen LogP contribution in [0.15, 0.2) is 18.2 Å². The van der Waals surface area contributed by atoms with Gasteiger partial charge in [0.1, 0.15) is 0 Å². The molecule has 1 aromatic rings. The molecule has 0 fully saturated rings. The van der Waals surface area contributed by atoms with Crippen LogP contribution < -0.4 is 0 Å². The topological polar surface area (TPSA) is 20.3 Å². The Labute approximate surface area is 113 Å². The molecule has 0 bridgehead atoms. The minimum atomic E-state index is -0.318. The molecular formula is C16H23NO. The van der Waals surface area contributed by atoms with E-state index in [1.165, 1.54) is 0 Å². The molecule has 0 N–H and O–H groups in total. The smallest absolute Gasteiger partial charge is 0.255 e. The van der Waals surface area contributed by atoms with Gasteiger partial charge < -0.3 is 4.90 Å². The SMILES string of the molecule is [2H]c1cc2c(c(C(C)(C)C)c1[2H])C(=O)N(C(C)(C)C)C2. The first-order chi connectivity index (χ1) is 8.94. The standard InChI is InChI=1S/C16H23NO/c1-15(2,3)12-9-7-8-11-10-17(16(4,5)6)14(18)13(11)12/h7-9H,10H2,1-6H3/i7D,9D. The number of amides is 1. The van der Waals surface area contributed by atoms with E-state index in [2.05, 4.69) is 0 Å². The third kappa shape index (κ3) is 2.05. The fourth-order valence-corrected chi connectivity index (χ4v) is 2.34. The highest BCUT2D eigenvalue weighted by Gasteiger charge is 2.37. The van der Waals surface area contributed by atoms with Crippen LogP contribution in [0.1, 0.15) is 65.8 Å². The number of benzene rings is 1. The van der Waals surface area contributed by atoms with Gasteiger partial charge in [0.2, 0.25) is 0 Å². The first-order valence-corrected chi connectivity index (χ1v) is 6.40. The summed E-state index contributed by atoms with van der Waals surface area (Å²) in [6, 6.07) is 2.06. The molecule has 0 saturated carbocycles. The molecule has 1 amide bonds. The van der Waals surface area contributed by atoms with Gasteiger partial charge in [0.25, 0.3) is 5.91 Å². The summed E-state index contributed by atoms with van der Waals surface area (Å²) in [6.45, 7) is 12.5. The number of carbonyl (C=O) groups is 1. The predicted molar refractivity (Wildman–Crippen MR) is 74.8 cm³/mol. The van der Waals surface area contributed by atoms with Crippen LogP contribution in [0, 0.1) is 0 Å². The van der Waals surface area contributed by atoms with Gasteiger partial charge in [-0.3, -0.25) is 4.79 Å². The first-order valence-electron chi connectivity index (χ1n) is 7.40. The average molecular weight is 247 g/mol. The van der Waals surface area contributed by atoms with Crippen molar-refractivity contribution < 1.29 is 7.54 Å². The van der Waals surface area contributed by atoms with E-state index in [0.29, 0.717) is 17.7 Å². The Balaban J connectivity index is 2.70. The Morgan fingerprint density at radius 1 is 1.22 bits per heavy atom. The van der Waals surface area contributed by atoms with E-state index in [9.17, 15) is 4.79 Å². The molecule has 0 aromatic heterocycles. The van der Waals surface area contributed by atoms with Gasteiger partial charge in [-0.1, -0.05) is 38.9 Å². The zero-order chi connectivity index (χ0) is 15.5. The van der Waals surface area contributed by atoms with Crippen LogP contribution in [0.3, 0.4) is 0 Å². The normalized spacial score (nSPS) is 17.7. The molecule has 2 rings (SSSR count). The van der Waals surface area contributed by atoms with E-state index in [4.69, 9.17) is 2.74 Å². The molecule has 0 spiro atoms. The molecule has 2 nitrogen and oxygen atoms in total. The summed E-state index contributed by atoms with van der Waals surface area (Å²) < 4.78 is 16.2. The van der Waals surface area contributed by atoms with Crippen molar-refractivity contribution in [3.63, 3.8) is 0 Å². The summed E-state index contributed by atoms with van der Waals surface area (Å²) in [6.07, 6.45) is 0. The maximum atomic E-state index is 12.8. The fraction of sp³-hybridized carbons (Fsp3) is 0.562. The van der Waals surface area contributed by atoms with Gasteiger partial charge in [-0.05, 0) is 37.3 Å². The third-order valence-electron chi connectivity index (χ3n) is 3.36. The number of rotatable bonds is 0. The molecule has 0 atom stereocenters. The maximum absolute atomic E-state index is 12.8. The maximum Gasteiger partial charge on any atom is 0.255 e. The van der Waals surface area contributed by atoms with Gasteiger partial charge in [-0.25, -0.2) is 0 Å². The van der Waals surface area contributed by atoms with Crippen LogP contribution in [0.25, 0.3) is 0 Å². The quantitative estimate of drug-likeness (QED) is 0.684. The molecule has 2 heteroatoms. The number of nitrogens with zero attached hydrogens (tertiary/aromatic N) is 1. The Bertz CT molecular complexity index is 580. The van der Waals surface area contributed by atoms with Crippen molar-refractivity contribution >= 4 is 5.91 Å². The Kier molecular flexibility index (Phi) is 2.26. The van der Waals surface area contributed by atoms with Crippen LogP contribution in [0.5, 0.6) is 0 Å². The molecule has 0 radical (unpaired) electrons. The van der Waals surface area contributed by atoms with Crippen molar-refractivity contribution in [1.29, 1.82) is 0 Å². The molecule has 1 heterocycles. The minimum absolute atomic E-state index is 0.00840. The highest BCUT2D eigenvalue weighted by atomic mass is 16.2. The second kappa shape index (κ2) is 3.84. The number of hydrogen-bond donors (Lipinski definition) is 0. The average Bonchev–Trinajstić information content (AvgIpc) is 2.55. The number of fused-ring (bicyclic) bond motifs is 1. The zero-order valence-electron chi connectivity index (χ0n) is 14.1. The van der Waals surface area contributed by atoms with Gasteiger partial charge in [0.15, 0.2) is 0 Å². The van der Waals surface area contributed by atoms with E-state index in [-0.39, 0.29) is 28.9 Å². The van der Waals surface area contributed by atoms with Gasteiger partial charge in [-0.2, -0.15) is 0 Å². The van der Waals surface area contributed by atoms with E-state index in [1.807, 2.05) is 46.4 Å². The predicted octanol–water partition coefficient (Wildman–Crippen LogP) is 3.74. The summed E-state index contributed by atoms with van der Waals surface area (Å²) in [4.78, 5) is 14.6. The molecule has 0 aliphatic carbocycles. The molecule has 1 aromatic carbocycles. The van der Waals surface area contributed by atoms with Gasteiger partial charge >= 0.3 is 0 Å². The molecule has 0 saturated heterocycles. The summed E-state index contributed by atoms with van der Waals surface area (Å²) in [7, 11) is 0. The van der Waals surface area contributed by atoms with Crippen molar-refractivity contribution in [1.82, 2.24) is 4.90 Å². The van der Waals surface area contributed by atoms with Crippen LogP contribution in [0.2, 0.25) is 0 Å². The lowest BCUT2D eigenvalue weighted by Gasteiger charge is -2.32. The molecular weight excluding hydrogens is 222 g/mol. The zero-order valence-corrected chi connectivity index (χ0v) is 12.1. The van der Waals surface area contributed by atoms with Crippen molar-refractivity contribution in [3.05, 3.63) is 34.8 Å². The van der Waals surface area contributed by atoms with E-state index in [0.717, 1.165) is 5.56 Å².